The van der Waals surface area contributed by atoms with Crippen LogP contribution in [0.15, 0.2) is 22.7 Å². The van der Waals surface area contributed by atoms with Crippen molar-refractivity contribution in [1.29, 1.82) is 0 Å². The maximum atomic E-state index is 13.2. The Morgan fingerprint density at radius 3 is 2.67 bits per heavy atom. The minimum Gasteiger partial charge on any atom is -0.369 e. The third kappa shape index (κ3) is 4.50. The minimum atomic E-state index is -0.445. The Hall–Kier alpha value is -1.47. The van der Waals surface area contributed by atoms with E-state index in [1.54, 1.807) is 0 Å². The van der Waals surface area contributed by atoms with Crippen LogP contribution in [-0.4, -0.2) is 42.4 Å². The van der Waals surface area contributed by atoms with E-state index >= 15 is 0 Å². The van der Waals surface area contributed by atoms with Crippen LogP contribution in [0.3, 0.4) is 0 Å². The monoisotopic (exact) mass is 357 g/mol. The van der Waals surface area contributed by atoms with Gasteiger partial charge in [0, 0.05) is 23.6 Å². The van der Waals surface area contributed by atoms with Gasteiger partial charge in [0.1, 0.15) is 5.82 Å². The first-order valence-corrected chi connectivity index (χ1v) is 7.51. The maximum absolute atomic E-state index is 13.2. The second kappa shape index (κ2) is 7.00. The van der Waals surface area contributed by atoms with E-state index in [1.165, 1.54) is 18.2 Å². The largest absolute Gasteiger partial charge is 0.369 e. The van der Waals surface area contributed by atoms with E-state index in [0.717, 1.165) is 12.8 Å². The van der Waals surface area contributed by atoms with Gasteiger partial charge in [-0.3, -0.25) is 14.5 Å². The summed E-state index contributed by atoms with van der Waals surface area (Å²) in [7, 11) is 0. The lowest BCUT2D eigenvalue weighted by Crippen LogP contribution is -2.46. The van der Waals surface area contributed by atoms with E-state index in [4.69, 9.17) is 5.73 Å². The van der Waals surface area contributed by atoms with Crippen molar-refractivity contribution >= 4 is 27.7 Å². The lowest BCUT2D eigenvalue weighted by Gasteiger charge is -2.31. The zero-order valence-electron chi connectivity index (χ0n) is 11.4. The van der Waals surface area contributed by atoms with E-state index in [2.05, 4.69) is 21.2 Å². The molecule has 1 saturated heterocycles. The SMILES string of the molecule is NC(=O)CN1CCC(NC(=O)c2cc(F)ccc2Br)CC1. The molecule has 2 amide bonds. The molecular weight excluding hydrogens is 341 g/mol. The van der Waals surface area contributed by atoms with Crippen molar-refractivity contribution in [2.24, 2.45) is 5.73 Å². The van der Waals surface area contributed by atoms with Crippen molar-refractivity contribution in [2.75, 3.05) is 19.6 Å². The number of piperidine rings is 1. The van der Waals surface area contributed by atoms with Crippen LogP contribution in [0.2, 0.25) is 0 Å². The topological polar surface area (TPSA) is 75.4 Å². The Balaban J connectivity index is 1.90. The summed E-state index contributed by atoms with van der Waals surface area (Å²) in [5, 5.41) is 2.90. The van der Waals surface area contributed by atoms with Crippen LogP contribution >= 0.6 is 15.9 Å². The molecule has 0 aliphatic carbocycles. The number of nitrogens with two attached hydrogens (primary N) is 1. The molecule has 0 aromatic heterocycles. The Morgan fingerprint density at radius 2 is 2.05 bits per heavy atom. The fourth-order valence-electron chi connectivity index (χ4n) is 2.39. The summed E-state index contributed by atoms with van der Waals surface area (Å²) < 4.78 is 13.8. The van der Waals surface area contributed by atoms with E-state index in [-0.39, 0.29) is 30.0 Å². The predicted molar refractivity (Wildman–Crippen MR) is 80.2 cm³/mol. The van der Waals surface area contributed by atoms with Gasteiger partial charge in [0.05, 0.1) is 12.1 Å². The number of carbonyl (C=O) groups excluding carboxylic acids is 2. The summed E-state index contributed by atoms with van der Waals surface area (Å²) in [5.41, 5.74) is 5.44. The fourth-order valence-corrected chi connectivity index (χ4v) is 2.82. The molecule has 1 aliphatic heterocycles. The average Bonchev–Trinajstić information content (AvgIpc) is 2.43. The molecule has 114 valence electrons. The quantitative estimate of drug-likeness (QED) is 0.851. The van der Waals surface area contributed by atoms with Gasteiger partial charge < -0.3 is 11.1 Å². The highest BCUT2D eigenvalue weighted by atomic mass is 79.9. The zero-order valence-corrected chi connectivity index (χ0v) is 13.0. The van der Waals surface area contributed by atoms with Crippen molar-refractivity contribution in [2.45, 2.75) is 18.9 Å². The van der Waals surface area contributed by atoms with E-state index in [9.17, 15) is 14.0 Å². The molecule has 7 heteroatoms. The Bertz CT molecular complexity index is 545. The van der Waals surface area contributed by atoms with Crippen molar-refractivity contribution in [1.82, 2.24) is 10.2 Å². The standard InChI is InChI=1S/C14H17BrFN3O2/c15-12-2-1-9(16)7-11(12)14(21)18-10-3-5-19(6-4-10)8-13(17)20/h1-2,7,10H,3-6,8H2,(H2,17,20)(H,18,21). The molecule has 0 saturated carbocycles. The molecule has 1 aromatic rings. The van der Waals surface area contributed by atoms with Gasteiger partial charge in [0.15, 0.2) is 0 Å². The lowest BCUT2D eigenvalue weighted by molar-refractivity contribution is -0.119. The molecule has 3 N–H and O–H groups in total. The Labute approximate surface area is 130 Å². The highest BCUT2D eigenvalue weighted by molar-refractivity contribution is 9.10. The van der Waals surface area contributed by atoms with E-state index in [0.29, 0.717) is 17.6 Å². The zero-order chi connectivity index (χ0) is 15.4. The smallest absolute Gasteiger partial charge is 0.252 e. The molecule has 2 rings (SSSR count). The van der Waals surface area contributed by atoms with Crippen LogP contribution in [0.1, 0.15) is 23.2 Å². The number of hydrogen-bond acceptors (Lipinski definition) is 3. The molecule has 0 radical (unpaired) electrons. The van der Waals surface area contributed by atoms with Gasteiger partial charge in [0.2, 0.25) is 5.91 Å². The highest BCUT2D eigenvalue weighted by Crippen LogP contribution is 2.19. The number of benzene rings is 1. The molecule has 0 atom stereocenters. The minimum absolute atomic E-state index is 0.0248. The first-order valence-electron chi connectivity index (χ1n) is 6.72. The van der Waals surface area contributed by atoms with Crippen LogP contribution in [-0.2, 0) is 4.79 Å². The molecule has 0 spiro atoms. The highest BCUT2D eigenvalue weighted by Gasteiger charge is 2.22. The second-order valence-electron chi connectivity index (χ2n) is 5.11. The summed E-state index contributed by atoms with van der Waals surface area (Å²) in [6, 6.07) is 4.04. The molecular formula is C14H17BrFN3O2. The normalized spacial score (nSPS) is 16.7. The summed E-state index contributed by atoms with van der Waals surface area (Å²) in [6.07, 6.45) is 1.48. The van der Waals surface area contributed by atoms with Crippen molar-refractivity contribution in [3.63, 3.8) is 0 Å². The molecule has 5 nitrogen and oxygen atoms in total. The van der Waals surface area contributed by atoms with Crippen LogP contribution in [0, 0.1) is 5.82 Å². The van der Waals surface area contributed by atoms with Crippen LogP contribution in [0.4, 0.5) is 4.39 Å². The number of nitrogens with one attached hydrogen (secondary N) is 1. The van der Waals surface area contributed by atoms with E-state index in [1.807, 2.05) is 4.90 Å². The molecule has 1 aliphatic rings. The third-order valence-corrected chi connectivity index (χ3v) is 4.17. The average molecular weight is 358 g/mol. The van der Waals surface area contributed by atoms with Crippen molar-refractivity contribution in [3.8, 4) is 0 Å². The summed E-state index contributed by atoms with van der Waals surface area (Å²) in [6.45, 7) is 1.66. The number of hydrogen-bond donors (Lipinski definition) is 2. The first kappa shape index (κ1) is 15.9. The van der Waals surface area contributed by atoms with E-state index < -0.39 is 5.82 Å². The summed E-state index contributed by atoms with van der Waals surface area (Å²) in [4.78, 5) is 25.0. The Kier molecular flexibility index (Phi) is 5.30. The number of primary amides is 1. The summed E-state index contributed by atoms with van der Waals surface area (Å²) >= 11 is 3.25. The number of amides is 2. The maximum Gasteiger partial charge on any atom is 0.252 e. The Morgan fingerprint density at radius 1 is 1.38 bits per heavy atom. The number of halogens is 2. The van der Waals surface area contributed by atoms with Crippen molar-refractivity contribution in [3.05, 3.63) is 34.1 Å². The lowest BCUT2D eigenvalue weighted by atomic mass is 10.0. The fraction of sp³-hybridized carbons (Fsp3) is 0.429. The van der Waals surface area contributed by atoms with Gasteiger partial charge in [0.25, 0.3) is 5.91 Å². The molecule has 0 bridgehead atoms. The number of likely N-dealkylation sites (tertiary alicyclic amines) is 1. The van der Waals surface area contributed by atoms with Crippen LogP contribution in [0.25, 0.3) is 0 Å². The van der Waals surface area contributed by atoms with Gasteiger partial charge >= 0.3 is 0 Å². The molecule has 1 aromatic carbocycles. The predicted octanol–water partition coefficient (Wildman–Crippen LogP) is 1.27. The molecule has 0 unspecified atom stereocenters. The van der Waals surface area contributed by atoms with Gasteiger partial charge in [-0.2, -0.15) is 0 Å². The van der Waals surface area contributed by atoms with Gasteiger partial charge in [-0.1, -0.05) is 0 Å². The first-order chi connectivity index (χ1) is 9.95. The van der Waals surface area contributed by atoms with Gasteiger partial charge in [-0.05, 0) is 47.0 Å². The van der Waals surface area contributed by atoms with Crippen LogP contribution < -0.4 is 11.1 Å². The second-order valence-corrected chi connectivity index (χ2v) is 5.97. The number of nitrogens with zero attached hydrogens (tertiary/aromatic N) is 1. The van der Waals surface area contributed by atoms with Crippen LogP contribution in [0.5, 0.6) is 0 Å². The van der Waals surface area contributed by atoms with Crippen molar-refractivity contribution < 1.29 is 14.0 Å². The van der Waals surface area contributed by atoms with Gasteiger partial charge in [-0.15, -0.1) is 0 Å². The molecule has 1 fully saturated rings. The third-order valence-electron chi connectivity index (χ3n) is 3.48. The number of rotatable bonds is 4. The molecule has 21 heavy (non-hydrogen) atoms. The number of carbonyl (C=O) groups is 2. The summed E-state index contributed by atoms with van der Waals surface area (Å²) in [5.74, 6) is -1.09. The molecule has 1 heterocycles. The van der Waals surface area contributed by atoms with Gasteiger partial charge in [-0.25, -0.2) is 4.39 Å².